The summed E-state index contributed by atoms with van der Waals surface area (Å²) >= 11 is 0. The lowest BCUT2D eigenvalue weighted by Crippen LogP contribution is -2.03. The summed E-state index contributed by atoms with van der Waals surface area (Å²) in [5.74, 6) is -0.347. The molecular formula is C21H20N2O2. The normalized spacial score (nSPS) is 11.0. The minimum atomic E-state index is -0.347. The Balaban J connectivity index is 1.90. The SMILES string of the molecule is COC(=O)c1cccc(N=Cc2cc(C)n(-c3ccccc3)c2)c1C. The first-order chi connectivity index (χ1) is 12.1. The van der Waals surface area contributed by atoms with Gasteiger partial charge in [0.25, 0.3) is 0 Å². The van der Waals surface area contributed by atoms with E-state index in [0.29, 0.717) is 5.56 Å². The highest BCUT2D eigenvalue weighted by atomic mass is 16.5. The second-order valence-corrected chi connectivity index (χ2v) is 5.82. The van der Waals surface area contributed by atoms with Crippen molar-refractivity contribution >= 4 is 17.9 Å². The highest BCUT2D eigenvalue weighted by Gasteiger charge is 2.11. The number of benzene rings is 2. The Labute approximate surface area is 147 Å². The summed E-state index contributed by atoms with van der Waals surface area (Å²) < 4.78 is 6.93. The number of nitrogens with zero attached hydrogens (tertiary/aromatic N) is 2. The maximum Gasteiger partial charge on any atom is 0.338 e. The van der Waals surface area contributed by atoms with Crippen molar-refractivity contribution in [1.82, 2.24) is 4.57 Å². The van der Waals surface area contributed by atoms with Gasteiger partial charge in [-0.3, -0.25) is 4.99 Å². The second-order valence-electron chi connectivity index (χ2n) is 5.82. The van der Waals surface area contributed by atoms with Crippen LogP contribution in [-0.2, 0) is 4.74 Å². The van der Waals surface area contributed by atoms with Gasteiger partial charge in [-0.25, -0.2) is 4.79 Å². The molecule has 4 heteroatoms. The first-order valence-electron chi connectivity index (χ1n) is 8.06. The second kappa shape index (κ2) is 7.18. The molecule has 0 aliphatic rings. The Morgan fingerprint density at radius 1 is 1.08 bits per heavy atom. The van der Waals surface area contributed by atoms with Crippen LogP contribution in [-0.4, -0.2) is 23.9 Å². The first-order valence-corrected chi connectivity index (χ1v) is 8.06. The third-order valence-corrected chi connectivity index (χ3v) is 4.13. The van der Waals surface area contributed by atoms with Crippen molar-refractivity contribution < 1.29 is 9.53 Å². The summed E-state index contributed by atoms with van der Waals surface area (Å²) in [4.78, 5) is 16.3. The van der Waals surface area contributed by atoms with Crippen LogP contribution in [0.1, 0.15) is 27.2 Å². The molecular weight excluding hydrogens is 312 g/mol. The first kappa shape index (κ1) is 16.7. The fourth-order valence-corrected chi connectivity index (χ4v) is 2.77. The molecule has 0 amide bonds. The van der Waals surface area contributed by atoms with Crippen molar-refractivity contribution in [2.45, 2.75) is 13.8 Å². The van der Waals surface area contributed by atoms with Crippen LogP contribution < -0.4 is 0 Å². The van der Waals surface area contributed by atoms with Gasteiger partial charge in [-0.05, 0) is 49.7 Å². The van der Waals surface area contributed by atoms with Crippen LogP contribution in [0.5, 0.6) is 0 Å². The molecule has 4 nitrogen and oxygen atoms in total. The molecule has 25 heavy (non-hydrogen) atoms. The highest BCUT2D eigenvalue weighted by molar-refractivity contribution is 5.93. The third-order valence-electron chi connectivity index (χ3n) is 4.13. The Kier molecular flexibility index (Phi) is 4.80. The standard InChI is InChI=1S/C21H20N2O2/c1-15-12-17(14-23(15)18-8-5-4-6-9-18)13-22-20-11-7-10-19(16(20)2)21(24)25-3/h4-14H,1-3H3. The number of aromatic nitrogens is 1. The number of aryl methyl sites for hydroxylation is 1. The van der Waals surface area contributed by atoms with Crippen molar-refractivity contribution in [1.29, 1.82) is 0 Å². The molecule has 0 radical (unpaired) electrons. The van der Waals surface area contributed by atoms with E-state index in [1.54, 1.807) is 6.07 Å². The van der Waals surface area contributed by atoms with Gasteiger partial charge in [0, 0.05) is 29.4 Å². The van der Waals surface area contributed by atoms with Crippen molar-refractivity contribution in [3.63, 3.8) is 0 Å². The molecule has 0 N–H and O–H groups in total. The zero-order chi connectivity index (χ0) is 17.8. The maximum atomic E-state index is 11.8. The van der Waals surface area contributed by atoms with E-state index in [2.05, 4.69) is 34.7 Å². The predicted octanol–water partition coefficient (Wildman–Crippen LogP) is 4.63. The summed E-state index contributed by atoms with van der Waals surface area (Å²) in [6, 6.07) is 17.7. The van der Waals surface area contributed by atoms with E-state index in [1.807, 2.05) is 49.7 Å². The molecule has 0 unspecified atom stereocenters. The third kappa shape index (κ3) is 3.53. The lowest BCUT2D eigenvalue weighted by molar-refractivity contribution is 0.0600. The number of hydrogen-bond donors (Lipinski definition) is 0. The van der Waals surface area contributed by atoms with Crippen LogP contribution in [0.2, 0.25) is 0 Å². The molecule has 0 spiro atoms. The Morgan fingerprint density at radius 3 is 2.56 bits per heavy atom. The molecule has 126 valence electrons. The van der Waals surface area contributed by atoms with E-state index in [1.165, 1.54) is 7.11 Å². The van der Waals surface area contributed by atoms with Gasteiger partial charge in [0.15, 0.2) is 0 Å². The fraction of sp³-hybridized carbons (Fsp3) is 0.143. The number of aliphatic imine (C=N–C) groups is 1. The number of rotatable bonds is 4. The monoisotopic (exact) mass is 332 g/mol. The van der Waals surface area contributed by atoms with Gasteiger partial charge in [0.2, 0.25) is 0 Å². The molecule has 2 aromatic carbocycles. The van der Waals surface area contributed by atoms with Gasteiger partial charge in [-0.1, -0.05) is 24.3 Å². The zero-order valence-electron chi connectivity index (χ0n) is 14.6. The number of carbonyl (C=O) groups is 1. The number of esters is 1. The van der Waals surface area contributed by atoms with Gasteiger partial charge < -0.3 is 9.30 Å². The minimum Gasteiger partial charge on any atom is -0.465 e. The van der Waals surface area contributed by atoms with Gasteiger partial charge in [0.1, 0.15) is 0 Å². The number of ether oxygens (including phenoxy) is 1. The smallest absolute Gasteiger partial charge is 0.338 e. The van der Waals surface area contributed by atoms with Gasteiger partial charge in [0.05, 0.1) is 18.4 Å². The van der Waals surface area contributed by atoms with Crippen LogP contribution in [0, 0.1) is 13.8 Å². The molecule has 0 saturated heterocycles. The number of para-hydroxylation sites is 1. The van der Waals surface area contributed by atoms with Crippen molar-refractivity contribution in [3.8, 4) is 5.69 Å². The molecule has 1 heterocycles. The number of carbonyl (C=O) groups excluding carboxylic acids is 1. The van der Waals surface area contributed by atoms with E-state index in [9.17, 15) is 4.79 Å². The largest absolute Gasteiger partial charge is 0.465 e. The van der Waals surface area contributed by atoms with Crippen molar-refractivity contribution in [2.75, 3.05) is 7.11 Å². The molecule has 0 fully saturated rings. The van der Waals surface area contributed by atoms with Crippen LogP contribution in [0.15, 0.2) is 65.8 Å². The van der Waals surface area contributed by atoms with Crippen LogP contribution in [0.4, 0.5) is 5.69 Å². The highest BCUT2D eigenvalue weighted by Crippen LogP contribution is 2.23. The topological polar surface area (TPSA) is 43.6 Å². The molecule has 3 aromatic rings. The summed E-state index contributed by atoms with van der Waals surface area (Å²) in [5.41, 5.74) is 5.36. The molecule has 0 bridgehead atoms. The fourth-order valence-electron chi connectivity index (χ4n) is 2.77. The predicted molar refractivity (Wildman–Crippen MR) is 100 cm³/mol. The Hall–Kier alpha value is -3.14. The van der Waals surface area contributed by atoms with E-state index < -0.39 is 0 Å². The van der Waals surface area contributed by atoms with Crippen molar-refractivity contribution in [2.24, 2.45) is 4.99 Å². The van der Waals surface area contributed by atoms with E-state index in [0.717, 1.165) is 28.2 Å². The van der Waals surface area contributed by atoms with Crippen LogP contribution in [0.25, 0.3) is 5.69 Å². The lowest BCUT2D eigenvalue weighted by atomic mass is 10.1. The Bertz CT molecular complexity index is 924. The molecule has 0 aliphatic carbocycles. The molecule has 1 aromatic heterocycles. The summed E-state index contributed by atoms with van der Waals surface area (Å²) in [7, 11) is 1.38. The quantitative estimate of drug-likeness (QED) is 0.516. The van der Waals surface area contributed by atoms with Crippen LogP contribution >= 0.6 is 0 Å². The van der Waals surface area contributed by atoms with Gasteiger partial charge in [-0.2, -0.15) is 0 Å². The van der Waals surface area contributed by atoms with E-state index >= 15 is 0 Å². The van der Waals surface area contributed by atoms with Crippen LogP contribution in [0.3, 0.4) is 0 Å². The van der Waals surface area contributed by atoms with Gasteiger partial charge in [-0.15, -0.1) is 0 Å². The van der Waals surface area contributed by atoms with E-state index in [-0.39, 0.29) is 5.97 Å². The molecule has 0 aliphatic heterocycles. The Morgan fingerprint density at radius 2 is 1.84 bits per heavy atom. The molecule has 0 saturated carbocycles. The average molecular weight is 332 g/mol. The molecule has 0 atom stereocenters. The molecule has 3 rings (SSSR count). The summed E-state index contributed by atoms with van der Waals surface area (Å²) in [6.07, 6.45) is 3.86. The maximum absolute atomic E-state index is 11.8. The lowest BCUT2D eigenvalue weighted by Gasteiger charge is -2.06. The number of hydrogen-bond acceptors (Lipinski definition) is 3. The van der Waals surface area contributed by atoms with Gasteiger partial charge >= 0.3 is 5.97 Å². The van der Waals surface area contributed by atoms with Crippen molar-refractivity contribution in [3.05, 3.63) is 83.2 Å². The summed E-state index contributed by atoms with van der Waals surface area (Å²) in [6.45, 7) is 3.94. The average Bonchev–Trinajstić information content (AvgIpc) is 3.01. The minimum absolute atomic E-state index is 0.347. The number of methoxy groups -OCH3 is 1. The zero-order valence-corrected chi connectivity index (χ0v) is 14.6. The summed E-state index contributed by atoms with van der Waals surface area (Å²) in [5, 5.41) is 0. The van der Waals surface area contributed by atoms with E-state index in [4.69, 9.17) is 4.74 Å².